The van der Waals surface area contributed by atoms with Crippen LogP contribution in [0.25, 0.3) is 10.8 Å². The number of carbonyl (C=O) groups excluding carboxylic acids is 1. The number of nitrogens with one attached hydrogen (secondary N) is 1. The molecule has 0 saturated heterocycles. The van der Waals surface area contributed by atoms with E-state index in [0.29, 0.717) is 28.6 Å². The van der Waals surface area contributed by atoms with Crippen molar-refractivity contribution in [2.75, 3.05) is 11.4 Å². The average Bonchev–Trinajstić information content (AvgIpc) is 2.94. The van der Waals surface area contributed by atoms with Crippen LogP contribution in [0.2, 0.25) is 5.02 Å². The molecule has 4 rings (SSSR count). The van der Waals surface area contributed by atoms with Gasteiger partial charge in [0.25, 0.3) is 5.91 Å². The van der Waals surface area contributed by atoms with Crippen LogP contribution in [0.5, 0.6) is 0 Å². The Morgan fingerprint density at radius 1 is 1.11 bits per heavy atom. The Kier molecular flexibility index (Phi) is 4.61. The number of rotatable bonds is 5. The van der Waals surface area contributed by atoms with Crippen molar-refractivity contribution in [1.82, 2.24) is 4.72 Å². The third-order valence-corrected chi connectivity index (χ3v) is 6.66. The van der Waals surface area contributed by atoms with Crippen molar-refractivity contribution in [1.29, 1.82) is 0 Å². The molecule has 0 aliphatic carbocycles. The minimum absolute atomic E-state index is 0.0336. The molecular formula is C20H16ClFN2O3S. The average molecular weight is 419 g/mol. The molecule has 0 spiro atoms. The fraction of sp³-hybridized carbons (Fsp3) is 0.150. The number of halogens is 2. The van der Waals surface area contributed by atoms with Gasteiger partial charge >= 0.3 is 0 Å². The first-order valence-corrected chi connectivity index (χ1v) is 10.5. The first-order chi connectivity index (χ1) is 13.3. The van der Waals surface area contributed by atoms with Gasteiger partial charge < -0.3 is 4.90 Å². The summed E-state index contributed by atoms with van der Waals surface area (Å²) in [5.74, 6) is -0.733. The quantitative estimate of drug-likeness (QED) is 0.678. The maximum Gasteiger partial charge on any atom is 0.258 e. The molecule has 0 aromatic heterocycles. The number of hydrogen-bond acceptors (Lipinski definition) is 3. The third-order valence-electron chi connectivity index (χ3n) is 4.85. The summed E-state index contributed by atoms with van der Waals surface area (Å²) in [6.45, 7) is 2.06. The molecule has 3 aromatic carbocycles. The first kappa shape index (κ1) is 18.9. The van der Waals surface area contributed by atoms with Gasteiger partial charge in [-0.2, -0.15) is 0 Å². The van der Waals surface area contributed by atoms with E-state index in [1.165, 1.54) is 24.3 Å². The van der Waals surface area contributed by atoms with Crippen LogP contribution in [0, 0.1) is 5.82 Å². The second-order valence-corrected chi connectivity index (χ2v) is 8.53. The summed E-state index contributed by atoms with van der Waals surface area (Å²) in [6, 6.07) is 12.3. The fourth-order valence-electron chi connectivity index (χ4n) is 3.51. The van der Waals surface area contributed by atoms with Crippen LogP contribution in [0.1, 0.15) is 22.8 Å². The molecule has 0 radical (unpaired) electrons. The van der Waals surface area contributed by atoms with Crippen molar-refractivity contribution < 1.29 is 17.6 Å². The predicted molar refractivity (Wildman–Crippen MR) is 107 cm³/mol. The lowest BCUT2D eigenvalue weighted by atomic mass is 10.1. The molecule has 1 heterocycles. The molecule has 8 heteroatoms. The Labute approximate surface area is 166 Å². The van der Waals surface area contributed by atoms with Crippen LogP contribution in [0.4, 0.5) is 10.1 Å². The highest BCUT2D eigenvalue weighted by Gasteiger charge is 2.31. The van der Waals surface area contributed by atoms with Gasteiger partial charge in [-0.05, 0) is 37.3 Å². The number of anilines is 1. The number of benzene rings is 3. The van der Waals surface area contributed by atoms with Crippen molar-refractivity contribution in [3.8, 4) is 0 Å². The van der Waals surface area contributed by atoms with Crippen LogP contribution in [0.3, 0.4) is 0 Å². The lowest BCUT2D eigenvalue weighted by Crippen LogP contribution is -2.26. The molecule has 0 atom stereocenters. The Balaban J connectivity index is 1.78. The molecule has 0 unspecified atom stereocenters. The molecule has 1 N–H and O–H groups in total. The highest BCUT2D eigenvalue weighted by molar-refractivity contribution is 7.89. The van der Waals surface area contributed by atoms with E-state index >= 15 is 0 Å². The summed E-state index contributed by atoms with van der Waals surface area (Å²) >= 11 is 5.98. The van der Waals surface area contributed by atoms with E-state index < -0.39 is 15.8 Å². The molecule has 3 aromatic rings. The molecule has 0 fully saturated rings. The van der Waals surface area contributed by atoms with Gasteiger partial charge in [0.15, 0.2) is 0 Å². The van der Waals surface area contributed by atoms with Crippen LogP contribution >= 0.6 is 11.6 Å². The number of amides is 1. The van der Waals surface area contributed by atoms with E-state index in [0.717, 1.165) is 0 Å². The fourth-order valence-corrected chi connectivity index (χ4v) is 4.94. The van der Waals surface area contributed by atoms with Crippen molar-refractivity contribution >= 4 is 44.0 Å². The second-order valence-electron chi connectivity index (χ2n) is 6.39. The molecular weight excluding hydrogens is 403 g/mol. The van der Waals surface area contributed by atoms with Crippen LogP contribution in [-0.2, 0) is 16.6 Å². The molecule has 1 aliphatic heterocycles. The Bertz CT molecular complexity index is 1210. The number of carbonyl (C=O) groups is 1. The minimum Gasteiger partial charge on any atom is -0.308 e. The van der Waals surface area contributed by atoms with Crippen LogP contribution < -0.4 is 9.62 Å². The molecule has 144 valence electrons. The van der Waals surface area contributed by atoms with Crippen LogP contribution in [-0.4, -0.2) is 20.9 Å². The zero-order chi connectivity index (χ0) is 20.1. The maximum absolute atomic E-state index is 14.0. The Morgan fingerprint density at radius 3 is 2.57 bits per heavy atom. The molecule has 1 aliphatic rings. The molecule has 5 nitrogen and oxygen atoms in total. The second kappa shape index (κ2) is 6.84. The topological polar surface area (TPSA) is 66.5 Å². The van der Waals surface area contributed by atoms with E-state index in [-0.39, 0.29) is 27.9 Å². The Morgan fingerprint density at radius 2 is 1.86 bits per heavy atom. The largest absolute Gasteiger partial charge is 0.308 e. The van der Waals surface area contributed by atoms with Crippen molar-refractivity contribution in [2.24, 2.45) is 0 Å². The summed E-state index contributed by atoms with van der Waals surface area (Å²) in [7, 11) is -3.97. The third kappa shape index (κ3) is 2.87. The van der Waals surface area contributed by atoms with Crippen LogP contribution in [0.15, 0.2) is 53.4 Å². The standard InChI is InChI=1S/C20H16ClFN2O3S/c1-2-24-17-9-10-18(12-5-3-6-13(19(12)17)20(24)25)28(26,27)23-11-14-15(21)7-4-8-16(14)22/h3-10,23H,2,11H2,1H3. The monoisotopic (exact) mass is 418 g/mol. The summed E-state index contributed by atoms with van der Waals surface area (Å²) in [4.78, 5) is 14.2. The first-order valence-electron chi connectivity index (χ1n) is 8.65. The molecule has 0 bridgehead atoms. The normalized spacial score (nSPS) is 13.5. The zero-order valence-corrected chi connectivity index (χ0v) is 16.4. The van der Waals surface area contributed by atoms with Gasteiger partial charge in [0.2, 0.25) is 10.0 Å². The van der Waals surface area contributed by atoms with E-state index in [4.69, 9.17) is 11.6 Å². The highest BCUT2D eigenvalue weighted by atomic mass is 35.5. The maximum atomic E-state index is 14.0. The van der Waals surface area contributed by atoms with E-state index in [9.17, 15) is 17.6 Å². The molecule has 1 amide bonds. The van der Waals surface area contributed by atoms with Crippen molar-refractivity contribution in [3.63, 3.8) is 0 Å². The smallest absolute Gasteiger partial charge is 0.258 e. The molecule has 28 heavy (non-hydrogen) atoms. The SMILES string of the molecule is CCN1C(=O)c2cccc3c(S(=O)(=O)NCc4c(F)cccc4Cl)ccc1c23. The van der Waals surface area contributed by atoms with Crippen molar-refractivity contribution in [3.05, 3.63) is 70.5 Å². The predicted octanol–water partition coefficient (Wildman–Crippen LogP) is 4.09. The lowest BCUT2D eigenvalue weighted by molar-refractivity contribution is 0.0994. The van der Waals surface area contributed by atoms with E-state index in [2.05, 4.69) is 4.72 Å². The van der Waals surface area contributed by atoms with E-state index in [1.54, 1.807) is 29.2 Å². The lowest BCUT2D eigenvalue weighted by Gasteiger charge is -2.16. The van der Waals surface area contributed by atoms with Gasteiger partial charge in [-0.25, -0.2) is 17.5 Å². The summed E-state index contributed by atoms with van der Waals surface area (Å²) in [5, 5.41) is 1.21. The number of nitrogens with zero attached hydrogens (tertiary/aromatic N) is 1. The Hall–Kier alpha value is -2.48. The number of sulfonamides is 1. The summed E-state index contributed by atoms with van der Waals surface area (Å²) in [6.07, 6.45) is 0. The van der Waals surface area contributed by atoms with Gasteiger partial charge in [-0.1, -0.05) is 29.8 Å². The van der Waals surface area contributed by atoms with Gasteiger partial charge in [0, 0.05) is 40.0 Å². The van der Waals surface area contributed by atoms with Gasteiger partial charge in [0.05, 0.1) is 10.6 Å². The minimum atomic E-state index is -3.97. The van der Waals surface area contributed by atoms with Gasteiger partial charge in [-0.3, -0.25) is 4.79 Å². The van der Waals surface area contributed by atoms with Crippen molar-refractivity contribution in [2.45, 2.75) is 18.4 Å². The number of hydrogen-bond donors (Lipinski definition) is 1. The van der Waals surface area contributed by atoms with Gasteiger partial charge in [0.1, 0.15) is 5.82 Å². The zero-order valence-electron chi connectivity index (χ0n) is 14.9. The summed E-state index contributed by atoms with van der Waals surface area (Å²) in [5.41, 5.74) is 1.24. The van der Waals surface area contributed by atoms with E-state index in [1.807, 2.05) is 6.92 Å². The molecule has 0 saturated carbocycles. The highest BCUT2D eigenvalue weighted by Crippen LogP contribution is 2.39. The summed E-state index contributed by atoms with van der Waals surface area (Å²) < 4.78 is 42.3. The van der Waals surface area contributed by atoms with Gasteiger partial charge in [-0.15, -0.1) is 0 Å².